The Balaban J connectivity index is 1.08. The molecule has 2 aliphatic heterocycles. The van der Waals surface area contributed by atoms with Crippen LogP contribution in [0.3, 0.4) is 0 Å². The molecule has 8 heteroatoms. The van der Waals surface area contributed by atoms with Crippen molar-refractivity contribution in [1.29, 1.82) is 0 Å². The van der Waals surface area contributed by atoms with Crippen molar-refractivity contribution in [3.63, 3.8) is 0 Å². The molecule has 2 aromatic carbocycles. The fraction of sp³-hybridized carbons (Fsp3) is 0.500. The Bertz CT molecular complexity index is 1060. The number of carbonyl (C=O) groups excluding carboxylic acids is 2. The Morgan fingerprint density at radius 3 is 2.36 bits per heavy atom. The molecule has 36 heavy (non-hydrogen) atoms. The molecule has 2 fully saturated rings. The highest BCUT2D eigenvalue weighted by molar-refractivity contribution is 5.98. The number of nitrogens with one attached hydrogen (secondary N) is 2. The van der Waals surface area contributed by atoms with Crippen molar-refractivity contribution < 1.29 is 24.5 Å². The topological polar surface area (TPSA) is 111 Å². The predicted octanol–water partition coefficient (Wildman–Crippen LogP) is 1.29. The van der Waals surface area contributed by atoms with Crippen LogP contribution in [-0.2, 0) is 17.6 Å². The number of fused-ring (bicyclic) bond motifs is 3. The summed E-state index contributed by atoms with van der Waals surface area (Å²) in [6.45, 7) is 1.43. The molecule has 4 N–H and O–H groups in total. The first kappa shape index (κ1) is 24.9. The van der Waals surface area contributed by atoms with Gasteiger partial charge in [-0.3, -0.25) is 9.59 Å². The number of carbonyl (C=O) groups is 2. The summed E-state index contributed by atoms with van der Waals surface area (Å²) in [5, 5.41) is 26.6. The molecule has 4 atom stereocenters. The highest BCUT2D eigenvalue weighted by Crippen LogP contribution is 2.29. The van der Waals surface area contributed by atoms with Crippen LogP contribution >= 0.6 is 0 Å². The van der Waals surface area contributed by atoms with Crippen LogP contribution in [0.2, 0.25) is 0 Å². The fourth-order valence-corrected chi connectivity index (χ4v) is 5.69. The zero-order valence-corrected chi connectivity index (χ0v) is 20.4. The number of benzene rings is 2. The number of hydrogen-bond donors (Lipinski definition) is 4. The summed E-state index contributed by atoms with van der Waals surface area (Å²) in [6.07, 6.45) is 2.98. The number of nitrogens with zero attached hydrogens (tertiary/aromatic N) is 1. The van der Waals surface area contributed by atoms with Gasteiger partial charge in [-0.15, -0.1) is 0 Å². The summed E-state index contributed by atoms with van der Waals surface area (Å²) in [4.78, 5) is 27.6. The maximum atomic E-state index is 13.1. The van der Waals surface area contributed by atoms with Gasteiger partial charge in [0.1, 0.15) is 0 Å². The summed E-state index contributed by atoms with van der Waals surface area (Å²) < 4.78 is 5.58. The molecule has 5 rings (SSSR count). The van der Waals surface area contributed by atoms with Crippen molar-refractivity contribution in [2.45, 2.75) is 62.4 Å². The van der Waals surface area contributed by atoms with E-state index in [4.69, 9.17) is 4.74 Å². The molecule has 2 aromatic rings. The lowest BCUT2D eigenvalue weighted by atomic mass is 9.88. The first-order chi connectivity index (χ1) is 17.5. The standard InChI is InChI=1S/C28H35N3O5/c32-25-12-23-16-36-17-24(13-25)31(23)28(35)20-7-5-19(6-8-20)27(34)30-15-26(33)14-29-22-10-9-18-3-1-2-4-21(18)11-22/h1-8,22-26,29,32-33H,9-17H2,(H,30,34). The minimum Gasteiger partial charge on any atom is -0.393 e. The van der Waals surface area contributed by atoms with Gasteiger partial charge in [-0.1, -0.05) is 24.3 Å². The first-order valence-electron chi connectivity index (χ1n) is 12.9. The summed E-state index contributed by atoms with van der Waals surface area (Å²) in [5.74, 6) is -0.384. The predicted molar refractivity (Wildman–Crippen MR) is 135 cm³/mol. The number of amides is 2. The lowest BCUT2D eigenvalue weighted by Crippen LogP contribution is -2.60. The number of rotatable bonds is 7. The largest absolute Gasteiger partial charge is 0.393 e. The number of aryl methyl sites for hydroxylation is 1. The zero-order valence-electron chi connectivity index (χ0n) is 20.4. The Morgan fingerprint density at radius 1 is 0.972 bits per heavy atom. The third-order valence-electron chi connectivity index (χ3n) is 7.61. The molecule has 8 nitrogen and oxygen atoms in total. The van der Waals surface area contributed by atoms with Gasteiger partial charge in [-0.05, 0) is 67.5 Å². The molecular weight excluding hydrogens is 458 g/mol. The molecule has 0 aromatic heterocycles. The Kier molecular flexibility index (Phi) is 7.67. The molecule has 3 aliphatic rings. The SMILES string of the molecule is O=C(NCC(O)CNC1CCc2ccccc2C1)c1ccc(C(=O)N2C3COCC2CC(O)C3)cc1. The average molecular weight is 494 g/mol. The quantitative estimate of drug-likeness (QED) is 0.463. The minimum absolute atomic E-state index is 0.0982. The Labute approximate surface area is 211 Å². The van der Waals surface area contributed by atoms with Crippen LogP contribution in [0.4, 0.5) is 0 Å². The number of aliphatic hydroxyl groups is 2. The van der Waals surface area contributed by atoms with Crippen molar-refractivity contribution in [2.75, 3.05) is 26.3 Å². The third kappa shape index (κ3) is 5.62. The van der Waals surface area contributed by atoms with Crippen LogP contribution in [0, 0.1) is 0 Å². The highest BCUT2D eigenvalue weighted by Gasteiger charge is 2.41. The summed E-state index contributed by atoms with van der Waals surface area (Å²) in [6, 6.07) is 15.2. The lowest BCUT2D eigenvalue weighted by Gasteiger charge is -2.47. The molecule has 4 unspecified atom stereocenters. The molecule has 2 heterocycles. The van der Waals surface area contributed by atoms with Crippen LogP contribution in [0.25, 0.3) is 0 Å². The van der Waals surface area contributed by atoms with Crippen LogP contribution in [0.15, 0.2) is 48.5 Å². The molecule has 2 amide bonds. The maximum Gasteiger partial charge on any atom is 0.254 e. The number of ether oxygens (including phenoxy) is 1. The van der Waals surface area contributed by atoms with Crippen molar-refractivity contribution in [3.8, 4) is 0 Å². The van der Waals surface area contributed by atoms with E-state index in [1.165, 1.54) is 11.1 Å². The van der Waals surface area contributed by atoms with Crippen LogP contribution in [0.5, 0.6) is 0 Å². The van der Waals surface area contributed by atoms with Gasteiger partial charge in [0.15, 0.2) is 0 Å². The van der Waals surface area contributed by atoms with Gasteiger partial charge in [0, 0.05) is 30.3 Å². The Morgan fingerprint density at radius 2 is 1.64 bits per heavy atom. The molecular formula is C28H35N3O5. The number of morpholine rings is 1. The van der Waals surface area contributed by atoms with Crippen LogP contribution < -0.4 is 10.6 Å². The molecule has 2 bridgehead atoms. The van der Waals surface area contributed by atoms with Gasteiger partial charge in [0.25, 0.3) is 11.8 Å². The molecule has 2 saturated heterocycles. The van der Waals surface area contributed by atoms with Crippen LogP contribution in [0.1, 0.15) is 51.1 Å². The van der Waals surface area contributed by atoms with Gasteiger partial charge >= 0.3 is 0 Å². The molecule has 192 valence electrons. The van der Waals surface area contributed by atoms with Crippen molar-refractivity contribution in [2.24, 2.45) is 0 Å². The van der Waals surface area contributed by atoms with E-state index in [-0.39, 0.29) is 30.4 Å². The van der Waals surface area contributed by atoms with Gasteiger partial charge < -0.3 is 30.5 Å². The monoisotopic (exact) mass is 493 g/mol. The van der Waals surface area contributed by atoms with Crippen molar-refractivity contribution in [3.05, 3.63) is 70.8 Å². The molecule has 1 aliphatic carbocycles. The summed E-state index contributed by atoms with van der Waals surface area (Å²) in [7, 11) is 0. The van der Waals surface area contributed by atoms with E-state index < -0.39 is 12.2 Å². The van der Waals surface area contributed by atoms with Gasteiger partial charge in [-0.25, -0.2) is 0 Å². The van der Waals surface area contributed by atoms with Crippen molar-refractivity contribution >= 4 is 11.8 Å². The number of hydrogen-bond acceptors (Lipinski definition) is 6. The van der Waals surface area contributed by atoms with Gasteiger partial charge in [0.2, 0.25) is 0 Å². The van der Waals surface area contributed by atoms with Gasteiger partial charge in [-0.2, -0.15) is 0 Å². The number of aliphatic hydroxyl groups excluding tert-OH is 2. The van der Waals surface area contributed by atoms with Crippen molar-refractivity contribution in [1.82, 2.24) is 15.5 Å². The van der Waals surface area contributed by atoms with Gasteiger partial charge in [0.05, 0.1) is 37.5 Å². The molecule has 0 spiro atoms. The maximum absolute atomic E-state index is 13.1. The second-order valence-corrected chi connectivity index (χ2v) is 10.2. The molecule has 0 radical (unpaired) electrons. The smallest absolute Gasteiger partial charge is 0.254 e. The zero-order chi connectivity index (χ0) is 25.1. The third-order valence-corrected chi connectivity index (χ3v) is 7.61. The molecule has 0 saturated carbocycles. The van der Waals surface area contributed by atoms with E-state index in [0.29, 0.717) is 49.8 Å². The van der Waals surface area contributed by atoms with Crippen LogP contribution in [-0.4, -0.2) is 83.6 Å². The second kappa shape index (κ2) is 11.1. The van der Waals surface area contributed by atoms with E-state index in [1.807, 2.05) is 4.90 Å². The van der Waals surface area contributed by atoms with E-state index in [1.54, 1.807) is 24.3 Å². The van der Waals surface area contributed by atoms with E-state index >= 15 is 0 Å². The Hall–Kier alpha value is -2.78. The lowest BCUT2D eigenvalue weighted by molar-refractivity contribution is -0.0871. The second-order valence-electron chi connectivity index (χ2n) is 10.2. The van der Waals surface area contributed by atoms with E-state index in [0.717, 1.165) is 19.3 Å². The van der Waals surface area contributed by atoms with E-state index in [2.05, 4.69) is 34.9 Å². The number of piperidine rings is 1. The first-order valence-corrected chi connectivity index (χ1v) is 12.9. The highest BCUT2D eigenvalue weighted by atomic mass is 16.5. The summed E-state index contributed by atoms with van der Waals surface area (Å²) in [5.41, 5.74) is 3.72. The average Bonchev–Trinajstić information content (AvgIpc) is 2.89. The normalized spacial score (nSPS) is 26.1. The minimum atomic E-state index is -0.692. The van der Waals surface area contributed by atoms with E-state index in [9.17, 15) is 19.8 Å². The summed E-state index contributed by atoms with van der Waals surface area (Å²) >= 11 is 0. The fourth-order valence-electron chi connectivity index (χ4n) is 5.69.